The van der Waals surface area contributed by atoms with Crippen LogP contribution in [0.2, 0.25) is 0 Å². The Morgan fingerprint density at radius 1 is 0.889 bits per heavy atom. The first-order chi connectivity index (χ1) is 8.83. The lowest BCUT2D eigenvalue weighted by Gasteiger charge is -2.20. The summed E-state index contributed by atoms with van der Waals surface area (Å²) in [5.41, 5.74) is 0. The molecule has 0 bridgehead atoms. The highest BCUT2D eigenvalue weighted by Crippen LogP contribution is 2.16. The maximum atomic E-state index is 9.50. The molecular weight excluding hydrogens is 246 g/mol. The summed E-state index contributed by atoms with van der Waals surface area (Å²) >= 11 is 5.63. The van der Waals surface area contributed by atoms with Gasteiger partial charge in [0.25, 0.3) is 0 Å². The fourth-order valence-corrected chi connectivity index (χ4v) is 2.83. The molecule has 0 spiro atoms. The van der Waals surface area contributed by atoms with Crippen molar-refractivity contribution in [2.24, 2.45) is 0 Å². The number of hydrogen-bond donors (Lipinski definition) is 2. The molecule has 0 aliphatic heterocycles. The highest BCUT2D eigenvalue weighted by molar-refractivity contribution is 6.18. The number of aliphatic hydroxyl groups excluding tert-OH is 1. The predicted molar refractivity (Wildman–Crippen MR) is 79.3 cm³/mol. The van der Waals surface area contributed by atoms with Crippen LogP contribution in [0.5, 0.6) is 0 Å². The second kappa shape index (κ2) is 11.1. The van der Waals surface area contributed by atoms with E-state index in [-0.39, 0.29) is 0 Å². The van der Waals surface area contributed by atoms with E-state index in [1.54, 1.807) is 0 Å². The van der Waals surface area contributed by atoms with Crippen LogP contribution >= 0.6 is 11.6 Å². The highest BCUT2D eigenvalue weighted by Gasteiger charge is 2.10. The third-order valence-corrected chi connectivity index (χ3v) is 4.28. The van der Waals surface area contributed by atoms with Crippen LogP contribution in [0.25, 0.3) is 0 Å². The molecule has 1 aliphatic carbocycles. The molecule has 1 saturated carbocycles. The molecule has 1 unspecified atom stereocenters. The lowest BCUT2D eigenvalue weighted by Crippen LogP contribution is -2.36. The molecule has 2 N–H and O–H groups in total. The number of rotatable bonds is 4. The minimum atomic E-state index is -0.395. The van der Waals surface area contributed by atoms with Crippen molar-refractivity contribution in [2.75, 3.05) is 12.4 Å². The van der Waals surface area contributed by atoms with Crippen LogP contribution < -0.4 is 5.32 Å². The van der Waals surface area contributed by atoms with Gasteiger partial charge in [-0.1, -0.05) is 57.8 Å². The van der Waals surface area contributed by atoms with Crippen LogP contribution in [-0.2, 0) is 0 Å². The number of nitrogens with one attached hydrogen (secondary N) is 1. The van der Waals surface area contributed by atoms with Crippen molar-refractivity contribution in [1.82, 2.24) is 5.32 Å². The maximum Gasteiger partial charge on any atom is 0.0799 e. The second-order valence-electron chi connectivity index (χ2n) is 5.67. The number of aliphatic hydroxyl groups is 1. The van der Waals surface area contributed by atoms with E-state index in [1.807, 2.05) is 0 Å². The molecule has 0 aromatic rings. The first-order valence-electron chi connectivity index (χ1n) is 7.80. The molecule has 0 aromatic carbocycles. The van der Waals surface area contributed by atoms with Gasteiger partial charge >= 0.3 is 0 Å². The lowest BCUT2D eigenvalue weighted by molar-refractivity contribution is 0.186. The van der Waals surface area contributed by atoms with Gasteiger partial charge in [0.05, 0.1) is 6.10 Å². The van der Waals surface area contributed by atoms with Gasteiger partial charge in [-0.3, -0.25) is 0 Å². The number of hydrogen-bond acceptors (Lipinski definition) is 2. The SMILES string of the molecule is OC(CCl)CNC1CCCCCCCCCCC1. The summed E-state index contributed by atoms with van der Waals surface area (Å²) < 4.78 is 0. The molecule has 1 fully saturated rings. The van der Waals surface area contributed by atoms with Crippen molar-refractivity contribution in [2.45, 2.75) is 82.8 Å². The molecule has 18 heavy (non-hydrogen) atoms. The molecule has 0 saturated heterocycles. The van der Waals surface area contributed by atoms with Gasteiger partial charge in [-0.25, -0.2) is 0 Å². The minimum absolute atomic E-state index is 0.333. The van der Waals surface area contributed by atoms with Gasteiger partial charge in [0, 0.05) is 18.5 Å². The smallest absolute Gasteiger partial charge is 0.0799 e. The molecule has 1 aliphatic rings. The summed E-state index contributed by atoms with van der Waals surface area (Å²) in [6, 6.07) is 0.585. The normalized spacial score (nSPS) is 23.0. The van der Waals surface area contributed by atoms with Gasteiger partial charge in [-0.15, -0.1) is 11.6 Å². The van der Waals surface area contributed by atoms with Crippen molar-refractivity contribution >= 4 is 11.6 Å². The molecule has 0 radical (unpaired) electrons. The van der Waals surface area contributed by atoms with E-state index in [2.05, 4.69) is 5.32 Å². The second-order valence-corrected chi connectivity index (χ2v) is 5.98. The van der Waals surface area contributed by atoms with Gasteiger partial charge in [-0.2, -0.15) is 0 Å². The zero-order chi connectivity index (χ0) is 13.1. The van der Waals surface area contributed by atoms with Crippen molar-refractivity contribution in [3.05, 3.63) is 0 Å². The van der Waals surface area contributed by atoms with Gasteiger partial charge in [0.1, 0.15) is 0 Å². The molecule has 0 heterocycles. The third kappa shape index (κ3) is 8.34. The molecule has 0 amide bonds. The predicted octanol–water partition coefficient (Wildman–Crippen LogP) is 3.85. The molecule has 3 heteroatoms. The van der Waals surface area contributed by atoms with Gasteiger partial charge in [0.2, 0.25) is 0 Å². The van der Waals surface area contributed by atoms with Crippen LogP contribution in [0.1, 0.15) is 70.6 Å². The Morgan fingerprint density at radius 3 is 1.78 bits per heavy atom. The van der Waals surface area contributed by atoms with Crippen LogP contribution in [0.4, 0.5) is 0 Å². The topological polar surface area (TPSA) is 32.3 Å². The summed E-state index contributed by atoms with van der Waals surface area (Å²) in [5, 5.41) is 13.0. The van der Waals surface area contributed by atoms with Gasteiger partial charge in [0.15, 0.2) is 0 Å². The minimum Gasteiger partial charge on any atom is -0.391 e. The highest BCUT2D eigenvalue weighted by atomic mass is 35.5. The van der Waals surface area contributed by atoms with Crippen molar-refractivity contribution < 1.29 is 5.11 Å². The summed E-state index contributed by atoms with van der Waals surface area (Å²) in [7, 11) is 0. The fourth-order valence-electron chi connectivity index (χ4n) is 2.72. The van der Waals surface area contributed by atoms with Crippen LogP contribution in [0, 0.1) is 0 Å². The Labute approximate surface area is 117 Å². The quantitative estimate of drug-likeness (QED) is 0.764. The molecule has 2 nitrogen and oxygen atoms in total. The molecule has 108 valence electrons. The third-order valence-electron chi connectivity index (χ3n) is 3.93. The lowest BCUT2D eigenvalue weighted by atomic mass is 9.98. The van der Waals surface area contributed by atoms with Crippen LogP contribution in [0.3, 0.4) is 0 Å². The Bertz CT molecular complexity index is 177. The van der Waals surface area contributed by atoms with E-state index >= 15 is 0 Å². The zero-order valence-electron chi connectivity index (χ0n) is 11.7. The van der Waals surface area contributed by atoms with Gasteiger partial charge < -0.3 is 10.4 Å². The van der Waals surface area contributed by atoms with E-state index in [9.17, 15) is 5.11 Å². The monoisotopic (exact) mass is 275 g/mol. The fraction of sp³-hybridized carbons (Fsp3) is 1.00. The van der Waals surface area contributed by atoms with Crippen molar-refractivity contribution in [1.29, 1.82) is 0 Å². The molecule has 1 atom stereocenters. The summed E-state index contributed by atoms with van der Waals surface area (Å²) in [6.07, 6.45) is 14.6. The standard InChI is InChI=1S/C15H30ClNO/c16-12-15(18)13-17-14-10-8-6-4-2-1-3-5-7-9-11-14/h14-15,17-18H,1-13H2. The Hall–Kier alpha value is 0.210. The Balaban J connectivity index is 2.23. The van der Waals surface area contributed by atoms with E-state index in [0.717, 1.165) is 0 Å². The number of halogens is 1. The van der Waals surface area contributed by atoms with Crippen molar-refractivity contribution in [3.63, 3.8) is 0 Å². The first kappa shape index (κ1) is 16.3. The molecule has 1 rings (SSSR count). The maximum absolute atomic E-state index is 9.50. The van der Waals surface area contributed by atoms with Crippen LogP contribution in [0.15, 0.2) is 0 Å². The van der Waals surface area contributed by atoms with E-state index in [0.29, 0.717) is 18.5 Å². The van der Waals surface area contributed by atoms with E-state index in [1.165, 1.54) is 70.6 Å². The average Bonchev–Trinajstić information content (AvgIpc) is 2.37. The Morgan fingerprint density at radius 2 is 1.33 bits per heavy atom. The van der Waals surface area contributed by atoms with Crippen LogP contribution in [-0.4, -0.2) is 29.7 Å². The summed E-state index contributed by atoms with van der Waals surface area (Å²) in [5.74, 6) is 0.333. The van der Waals surface area contributed by atoms with E-state index < -0.39 is 6.10 Å². The molecule has 0 aromatic heterocycles. The van der Waals surface area contributed by atoms with E-state index in [4.69, 9.17) is 11.6 Å². The number of alkyl halides is 1. The van der Waals surface area contributed by atoms with Crippen molar-refractivity contribution in [3.8, 4) is 0 Å². The zero-order valence-corrected chi connectivity index (χ0v) is 12.4. The first-order valence-corrected chi connectivity index (χ1v) is 8.34. The average molecular weight is 276 g/mol. The summed E-state index contributed by atoms with van der Waals surface area (Å²) in [6.45, 7) is 0.647. The largest absolute Gasteiger partial charge is 0.391 e. The summed E-state index contributed by atoms with van der Waals surface area (Å²) in [4.78, 5) is 0. The molecular formula is C15H30ClNO. The van der Waals surface area contributed by atoms with Gasteiger partial charge in [-0.05, 0) is 12.8 Å². The Kier molecular flexibility index (Phi) is 10.0.